The fourth-order valence-electron chi connectivity index (χ4n) is 1.38. The van der Waals surface area contributed by atoms with Gasteiger partial charge in [0.15, 0.2) is 17.7 Å². The molecule has 0 atom stereocenters. The van der Waals surface area contributed by atoms with E-state index in [1.54, 1.807) is 6.07 Å². The number of nitrogens with one attached hydrogen (secondary N) is 3. The van der Waals surface area contributed by atoms with Crippen molar-refractivity contribution in [2.24, 2.45) is 0 Å². The molecule has 0 aliphatic rings. The predicted molar refractivity (Wildman–Crippen MR) is 79.1 cm³/mol. The summed E-state index contributed by atoms with van der Waals surface area (Å²) in [5, 5.41) is 12.0. The quantitative estimate of drug-likeness (QED) is 0.357. The van der Waals surface area contributed by atoms with Gasteiger partial charge in [0, 0.05) is 14.0 Å². The lowest BCUT2D eigenvalue weighted by atomic mass is 10.1. The third-order valence-corrected chi connectivity index (χ3v) is 2.37. The maximum Gasteiger partial charge on any atom is 0.339 e. The molecule has 0 aliphatic heterocycles. The van der Waals surface area contributed by atoms with E-state index in [1.165, 1.54) is 26.2 Å². The molecule has 0 fully saturated rings. The van der Waals surface area contributed by atoms with E-state index in [0.717, 1.165) is 0 Å². The van der Waals surface area contributed by atoms with Gasteiger partial charge < -0.3 is 19.9 Å². The monoisotopic (exact) mass is 313 g/mol. The zero-order chi connectivity index (χ0) is 15.8. The number of carbonyl (C=O) groups excluding carboxylic acids is 1. The van der Waals surface area contributed by atoms with Gasteiger partial charge in [-0.2, -0.15) is 0 Å². The van der Waals surface area contributed by atoms with Crippen LogP contribution in [0.5, 0.6) is 5.75 Å². The minimum Gasteiger partial charge on any atom is -0.478 e. The first kappa shape index (κ1) is 16.7. The van der Waals surface area contributed by atoms with Gasteiger partial charge in [0.05, 0.1) is 5.69 Å². The Morgan fingerprint density at radius 3 is 2.62 bits per heavy atom. The van der Waals surface area contributed by atoms with Crippen LogP contribution in [0.4, 0.5) is 5.69 Å². The number of hydrazine groups is 1. The van der Waals surface area contributed by atoms with Crippen LogP contribution in [-0.2, 0) is 9.53 Å². The summed E-state index contributed by atoms with van der Waals surface area (Å²) in [4.78, 5) is 22.0. The third-order valence-electron chi connectivity index (χ3n) is 2.17. The highest BCUT2D eigenvalue weighted by atomic mass is 32.1. The van der Waals surface area contributed by atoms with Gasteiger partial charge in [-0.15, -0.1) is 0 Å². The fraction of sp³-hybridized carbons (Fsp3) is 0.250. The Morgan fingerprint density at radius 1 is 1.33 bits per heavy atom. The standard InChI is InChI=1S/C12H15N3O5S/c1-7(16)14-15-12(21)13-9-5-3-4-8(11(17)18)10(9)20-6-19-2/h3-5H,6H2,1-2H3,(H,14,16)(H,17,18)(H2,13,15,21). The summed E-state index contributed by atoms with van der Waals surface area (Å²) in [6.07, 6.45) is 0. The number of carboxylic acids is 1. The molecular weight excluding hydrogens is 298 g/mol. The molecule has 1 rings (SSSR count). The first-order chi connectivity index (χ1) is 9.95. The summed E-state index contributed by atoms with van der Waals surface area (Å²) in [6.45, 7) is 1.19. The second kappa shape index (κ2) is 8.02. The molecule has 0 saturated carbocycles. The van der Waals surface area contributed by atoms with Crippen LogP contribution < -0.4 is 20.9 Å². The summed E-state index contributed by atoms with van der Waals surface area (Å²) < 4.78 is 10.0. The van der Waals surface area contributed by atoms with Crippen molar-refractivity contribution in [3.8, 4) is 5.75 Å². The van der Waals surface area contributed by atoms with Gasteiger partial charge in [-0.05, 0) is 24.4 Å². The highest BCUT2D eigenvalue weighted by Gasteiger charge is 2.16. The van der Waals surface area contributed by atoms with E-state index in [4.69, 9.17) is 26.8 Å². The number of ether oxygens (including phenoxy) is 2. The van der Waals surface area contributed by atoms with Crippen molar-refractivity contribution in [2.45, 2.75) is 6.92 Å². The lowest BCUT2D eigenvalue weighted by Crippen LogP contribution is -2.42. The van der Waals surface area contributed by atoms with Crippen LogP contribution in [0.15, 0.2) is 18.2 Å². The van der Waals surface area contributed by atoms with E-state index >= 15 is 0 Å². The maximum absolute atomic E-state index is 11.2. The van der Waals surface area contributed by atoms with E-state index in [1.807, 2.05) is 0 Å². The summed E-state index contributed by atoms with van der Waals surface area (Å²) in [6, 6.07) is 4.51. The van der Waals surface area contributed by atoms with Gasteiger partial charge in [0.1, 0.15) is 5.56 Å². The SMILES string of the molecule is COCOc1c(NC(=S)NNC(C)=O)cccc1C(=O)O. The Morgan fingerprint density at radius 2 is 2.05 bits per heavy atom. The molecule has 0 bridgehead atoms. The number of hydrogen-bond acceptors (Lipinski definition) is 5. The van der Waals surface area contributed by atoms with Crippen molar-refractivity contribution >= 4 is 34.9 Å². The number of benzene rings is 1. The molecule has 0 unspecified atom stereocenters. The number of carboxylic acid groups (broad SMARTS) is 1. The lowest BCUT2D eigenvalue weighted by Gasteiger charge is -2.16. The van der Waals surface area contributed by atoms with E-state index in [2.05, 4.69) is 16.2 Å². The summed E-state index contributed by atoms with van der Waals surface area (Å²) >= 11 is 4.96. The molecule has 4 N–H and O–H groups in total. The van der Waals surface area contributed by atoms with Gasteiger partial charge in [0.25, 0.3) is 0 Å². The zero-order valence-electron chi connectivity index (χ0n) is 11.4. The number of carbonyl (C=O) groups is 2. The second-order valence-electron chi connectivity index (χ2n) is 3.80. The predicted octanol–water partition coefficient (Wildman–Crippen LogP) is 0.705. The number of anilines is 1. The molecule has 0 aromatic heterocycles. The van der Waals surface area contributed by atoms with Crippen LogP contribution >= 0.6 is 12.2 Å². The number of rotatable bonds is 5. The van der Waals surface area contributed by atoms with Crippen LogP contribution in [-0.4, -0.2) is 36.0 Å². The molecule has 8 nitrogen and oxygen atoms in total. The Kier molecular flexibility index (Phi) is 6.37. The smallest absolute Gasteiger partial charge is 0.339 e. The molecular formula is C12H15N3O5S. The topological polar surface area (TPSA) is 109 Å². The zero-order valence-corrected chi connectivity index (χ0v) is 12.2. The van der Waals surface area contributed by atoms with Crippen molar-refractivity contribution in [3.63, 3.8) is 0 Å². The minimum atomic E-state index is -1.15. The molecule has 1 amide bonds. The van der Waals surface area contributed by atoms with Crippen LogP contribution in [0.2, 0.25) is 0 Å². The Labute approximate surface area is 126 Å². The van der Waals surface area contributed by atoms with Crippen molar-refractivity contribution < 1.29 is 24.2 Å². The minimum absolute atomic E-state index is 0.0422. The molecule has 0 saturated heterocycles. The summed E-state index contributed by atoms with van der Waals surface area (Å²) in [5.41, 5.74) is 5.03. The highest BCUT2D eigenvalue weighted by Crippen LogP contribution is 2.29. The normalized spacial score (nSPS) is 9.62. The highest BCUT2D eigenvalue weighted by molar-refractivity contribution is 7.80. The van der Waals surface area contributed by atoms with Crippen molar-refractivity contribution in [1.29, 1.82) is 0 Å². The summed E-state index contributed by atoms with van der Waals surface area (Å²) in [7, 11) is 1.42. The molecule has 0 spiro atoms. The van der Waals surface area contributed by atoms with E-state index < -0.39 is 5.97 Å². The number of methoxy groups -OCH3 is 1. The molecule has 21 heavy (non-hydrogen) atoms. The van der Waals surface area contributed by atoms with Crippen LogP contribution in [0.1, 0.15) is 17.3 Å². The first-order valence-corrected chi connectivity index (χ1v) is 6.18. The largest absolute Gasteiger partial charge is 0.478 e. The van der Waals surface area contributed by atoms with Crippen LogP contribution in [0.3, 0.4) is 0 Å². The molecule has 0 aliphatic carbocycles. The molecule has 1 aromatic rings. The second-order valence-corrected chi connectivity index (χ2v) is 4.21. The van der Waals surface area contributed by atoms with Gasteiger partial charge in [-0.25, -0.2) is 4.79 Å². The Balaban J connectivity index is 2.94. The van der Waals surface area contributed by atoms with Crippen molar-refractivity contribution in [3.05, 3.63) is 23.8 Å². The van der Waals surface area contributed by atoms with Gasteiger partial charge in [-0.1, -0.05) is 6.07 Å². The number of para-hydroxylation sites is 1. The Hall–Kier alpha value is -2.39. The van der Waals surface area contributed by atoms with Gasteiger partial charge >= 0.3 is 5.97 Å². The molecule has 0 radical (unpaired) electrons. The summed E-state index contributed by atoms with van der Waals surface area (Å²) in [5.74, 6) is -1.39. The van der Waals surface area contributed by atoms with E-state index in [9.17, 15) is 9.59 Å². The van der Waals surface area contributed by atoms with Crippen LogP contribution in [0, 0.1) is 0 Å². The lowest BCUT2D eigenvalue weighted by molar-refractivity contribution is -0.119. The average Bonchev–Trinajstić information content (AvgIpc) is 2.43. The molecule has 0 heterocycles. The number of hydrogen-bond donors (Lipinski definition) is 4. The molecule has 114 valence electrons. The number of aromatic carboxylic acids is 1. The third kappa shape index (κ3) is 5.24. The van der Waals surface area contributed by atoms with E-state index in [0.29, 0.717) is 5.69 Å². The average molecular weight is 313 g/mol. The van der Waals surface area contributed by atoms with Crippen LogP contribution in [0.25, 0.3) is 0 Å². The maximum atomic E-state index is 11.2. The molecule has 9 heteroatoms. The van der Waals surface area contributed by atoms with Crippen molar-refractivity contribution in [2.75, 3.05) is 19.2 Å². The van der Waals surface area contributed by atoms with E-state index in [-0.39, 0.29) is 29.1 Å². The number of amides is 1. The van der Waals surface area contributed by atoms with Gasteiger partial charge in [-0.3, -0.25) is 15.6 Å². The first-order valence-electron chi connectivity index (χ1n) is 5.77. The number of thiocarbonyl (C=S) groups is 1. The fourth-order valence-corrected chi connectivity index (χ4v) is 1.54. The molecule has 1 aromatic carbocycles. The van der Waals surface area contributed by atoms with Crippen molar-refractivity contribution in [1.82, 2.24) is 10.9 Å². The van der Waals surface area contributed by atoms with Gasteiger partial charge in [0.2, 0.25) is 5.91 Å². The Bertz CT molecular complexity index is 550.